The van der Waals surface area contributed by atoms with Crippen LogP contribution in [0.2, 0.25) is 0 Å². The minimum Gasteiger partial charge on any atom is -0.324 e. The van der Waals surface area contributed by atoms with Crippen LogP contribution >= 0.6 is 21.4 Å². The second-order valence-corrected chi connectivity index (χ2v) is 13.9. The maximum Gasteiger partial charge on any atom is 1.00 e. The quantitative estimate of drug-likeness (QED) is 0.183. The fraction of sp³-hybridized carbons (Fsp3) is 0.818. The second-order valence-electron chi connectivity index (χ2n) is 8.93. The summed E-state index contributed by atoms with van der Waals surface area (Å²) in [5.74, 6) is 0.832. The molecule has 0 radical (unpaired) electrons. The number of halogens is 2. The molecule has 0 fully saturated rings. The third kappa shape index (κ3) is 17.4. The molecule has 0 atom stereocenters. The molecule has 2 aromatic heterocycles. The maximum atomic E-state index is 10.5. The van der Waals surface area contributed by atoms with Crippen molar-refractivity contribution in [2.24, 2.45) is 0 Å². The summed E-state index contributed by atoms with van der Waals surface area (Å²) in [5.41, 5.74) is 0. The van der Waals surface area contributed by atoms with Crippen LogP contribution in [0.25, 0.3) is 0 Å². The van der Waals surface area contributed by atoms with Gasteiger partial charge in [-0.05, 0) is 39.5 Å². The van der Waals surface area contributed by atoms with Crippen molar-refractivity contribution >= 4 is 39.5 Å². The Morgan fingerprint density at radius 3 is 1.03 bits per heavy atom. The van der Waals surface area contributed by atoms with Crippen molar-refractivity contribution in [3.8, 4) is 0 Å². The molecule has 0 saturated carbocycles. The zero-order valence-electron chi connectivity index (χ0n) is 23.9. The molecule has 0 aliphatic heterocycles. The number of aromatic amines is 2. The SMILES string of the molecule is CCCC[N+](CCCC)(CCCC)CCCC.Cc1nc(S(=O)(=O)Cl)n[nH]1.Cc1nc(S(=O)(=O)Cl)n[nH]1.[Na+]. The molecule has 0 aromatic carbocycles. The maximum absolute atomic E-state index is 10.5. The molecule has 2 heterocycles. The summed E-state index contributed by atoms with van der Waals surface area (Å²) in [5, 5.41) is 10.6. The van der Waals surface area contributed by atoms with E-state index in [1.54, 1.807) is 13.8 Å². The Kier molecular flexibility index (Phi) is 21.6. The number of hydrogen-bond acceptors (Lipinski definition) is 8. The second kappa shape index (κ2) is 20.6. The van der Waals surface area contributed by atoms with Crippen LogP contribution in [0.5, 0.6) is 0 Å². The normalized spacial score (nSPS) is 11.6. The van der Waals surface area contributed by atoms with Crippen LogP contribution in [-0.2, 0) is 18.1 Å². The number of rotatable bonds is 14. The molecule has 0 unspecified atom stereocenters. The molecule has 0 bridgehead atoms. The number of aryl methyl sites for hydroxylation is 2. The standard InChI is InChI=1S/C16H36N.2C3H4ClN3O2S.Na/c1-5-9-13-17(14-10-6-2,15-11-7-3)16-12-8-4;2*1-2-5-3(7-6-2)10(4,8)9;/h5-16H2,1-4H3;2*1H3,(H,5,6,7);/q+1;;;+1. The molecule has 0 amide bonds. The number of aromatic nitrogens is 6. The first-order valence-electron chi connectivity index (χ1n) is 12.8. The van der Waals surface area contributed by atoms with Crippen molar-refractivity contribution in [2.75, 3.05) is 26.2 Å². The molecule has 2 N–H and O–H groups in total. The molecular formula is C22H44Cl2N7NaO4S2+2. The first kappa shape index (κ1) is 39.9. The predicted molar refractivity (Wildman–Crippen MR) is 148 cm³/mol. The van der Waals surface area contributed by atoms with E-state index in [0.717, 1.165) is 0 Å². The van der Waals surface area contributed by atoms with Gasteiger partial charge in [-0.1, -0.05) is 53.4 Å². The molecule has 0 saturated heterocycles. The molecule has 216 valence electrons. The van der Waals surface area contributed by atoms with Crippen LogP contribution in [0.1, 0.15) is 90.7 Å². The molecule has 2 aromatic rings. The topological polar surface area (TPSA) is 151 Å². The van der Waals surface area contributed by atoms with Gasteiger partial charge in [-0.15, -0.1) is 10.2 Å². The van der Waals surface area contributed by atoms with Gasteiger partial charge in [0, 0.05) is 21.4 Å². The minimum atomic E-state index is -3.76. The Morgan fingerprint density at radius 1 is 0.632 bits per heavy atom. The Hall–Kier alpha value is -0.280. The minimum absolute atomic E-state index is 0. The first-order valence-corrected chi connectivity index (χ1v) is 17.4. The summed E-state index contributed by atoms with van der Waals surface area (Å²) >= 11 is 0. The van der Waals surface area contributed by atoms with Crippen LogP contribution in [-0.4, -0.2) is 77.9 Å². The monoisotopic (exact) mass is 627 g/mol. The van der Waals surface area contributed by atoms with Crippen LogP contribution in [0.15, 0.2) is 10.3 Å². The summed E-state index contributed by atoms with van der Waals surface area (Å²) in [6, 6.07) is 0. The van der Waals surface area contributed by atoms with Gasteiger partial charge < -0.3 is 4.48 Å². The van der Waals surface area contributed by atoms with Gasteiger partial charge in [-0.2, -0.15) is 0 Å². The Bertz CT molecular complexity index is 991. The number of nitrogens with zero attached hydrogens (tertiary/aromatic N) is 5. The predicted octanol–water partition coefficient (Wildman–Crippen LogP) is 2.09. The van der Waals surface area contributed by atoms with E-state index in [-0.39, 0.29) is 39.9 Å². The van der Waals surface area contributed by atoms with Crippen molar-refractivity contribution in [1.29, 1.82) is 0 Å². The van der Waals surface area contributed by atoms with E-state index in [1.165, 1.54) is 82.0 Å². The van der Waals surface area contributed by atoms with E-state index in [1.807, 2.05) is 0 Å². The number of quaternary nitrogens is 1. The van der Waals surface area contributed by atoms with Gasteiger partial charge in [0.15, 0.2) is 0 Å². The van der Waals surface area contributed by atoms with E-state index < -0.39 is 18.1 Å². The van der Waals surface area contributed by atoms with Gasteiger partial charge in [0.1, 0.15) is 11.6 Å². The summed E-state index contributed by atoms with van der Waals surface area (Å²) in [7, 11) is 2.27. The van der Waals surface area contributed by atoms with Gasteiger partial charge in [-0.3, -0.25) is 10.2 Å². The summed E-state index contributed by atoms with van der Waals surface area (Å²) in [6.07, 6.45) is 11.1. The number of hydrogen-bond donors (Lipinski definition) is 2. The van der Waals surface area contributed by atoms with Crippen molar-refractivity contribution < 1.29 is 50.9 Å². The first-order chi connectivity index (χ1) is 17.2. The average molecular weight is 629 g/mol. The molecule has 0 spiro atoms. The number of H-pyrrole nitrogens is 2. The van der Waals surface area contributed by atoms with Crippen LogP contribution in [0.3, 0.4) is 0 Å². The third-order valence-corrected chi connectivity index (χ3v) is 7.60. The van der Waals surface area contributed by atoms with Gasteiger partial charge in [0.25, 0.3) is 28.4 Å². The third-order valence-electron chi connectivity index (χ3n) is 5.53. The van der Waals surface area contributed by atoms with Crippen molar-refractivity contribution in [1.82, 2.24) is 30.4 Å². The van der Waals surface area contributed by atoms with Gasteiger partial charge in [0.05, 0.1) is 26.2 Å². The van der Waals surface area contributed by atoms with Crippen LogP contribution in [0, 0.1) is 13.8 Å². The van der Waals surface area contributed by atoms with E-state index in [4.69, 9.17) is 21.4 Å². The summed E-state index contributed by atoms with van der Waals surface area (Å²) < 4.78 is 43.3. The van der Waals surface area contributed by atoms with Crippen LogP contribution < -0.4 is 29.6 Å². The fourth-order valence-corrected chi connectivity index (χ4v) is 4.72. The molecule has 38 heavy (non-hydrogen) atoms. The largest absolute Gasteiger partial charge is 1.00 e. The molecular weight excluding hydrogens is 584 g/mol. The zero-order chi connectivity index (χ0) is 28.5. The summed E-state index contributed by atoms with van der Waals surface area (Å²) in [6.45, 7) is 18.2. The van der Waals surface area contributed by atoms with E-state index in [9.17, 15) is 16.8 Å². The summed E-state index contributed by atoms with van der Waals surface area (Å²) in [4.78, 5) is 6.99. The molecule has 0 aliphatic rings. The van der Waals surface area contributed by atoms with Crippen molar-refractivity contribution in [3.63, 3.8) is 0 Å². The van der Waals surface area contributed by atoms with Crippen LogP contribution in [0.4, 0.5) is 0 Å². The average Bonchev–Trinajstić information content (AvgIpc) is 3.47. The van der Waals surface area contributed by atoms with Gasteiger partial charge >= 0.3 is 29.6 Å². The van der Waals surface area contributed by atoms with Crippen molar-refractivity contribution in [3.05, 3.63) is 11.6 Å². The number of unbranched alkanes of at least 4 members (excludes halogenated alkanes) is 4. The molecule has 16 heteroatoms. The van der Waals surface area contributed by atoms with Gasteiger partial charge in [0.2, 0.25) is 0 Å². The fourth-order valence-electron chi connectivity index (χ4n) is 3.51. The smallest absolute Gasteiger partial charge is 0.324 e. The Labute approximate surface area is 260 Å². The molecule has 0 aliphatic carbocycles. The van der Waals surface area contributed by atoms with Gasteiger partial charge in [-0.25, -0.2) is 26.8 Å². The number of nitrogens with one attached hydrogen (secondary N) is 2. The van der Waals surface area contributed by atoms with E-state index >= 15 is 0 Å². The molecule has 2 rings (SSSR count). The zero-order valence-corrected chi connectivity index (χ0v) is 29.1. The van der Waals surface area contributed by atoms with E-state index in [2.05, 4.69) is 58.1 Å². The Balaban J connectivity index is 0. The Morgan fingerprint density at radius 2 is 0.895 bits per heavy atom. The van der Waals surface area contributed by atoms with Crippen molar-refractivity contribution in [2.45, 2.75) is 103 Å². The molecule has 11 nitrogen and oxygen atoms in total. The van der Waals surface area contributed by atoms with E-state index in [0.29, 0.717) is 11.6 Å².